The molecular formula is C26H26ClN3O4. The van der Waals surface area contributed by atoms with E-state index in [0.717, 1.165) is 16.8 Å². The highest BCUT2D eigenvalue weighted by molar-refractivity contribution is 6.30. The number of carbonyl (C=O) groups excluding carboxylic acids is 2. The van der Waals surface area contributed by atoms with Crippen molar-refractivity contribution in [2.24, 2.45) is 5.10 Å². The number of anilines is 1. The second-order valence-electron chi connectivity index (χ2n) is 7.48. The maximum Gasteiger partial charge on any atom is 0.240 e. The average Bonchev–Trinajstić information content (AvgIpc) is 2.84. The van der Waals surface area contributed by atoms with Crippen LogP contribution in [0.3, 0.4) is 0 Å². The molecule has 0 saturated carbocycles. The van der Waals surface area contributed by atoms with Crippen LogP contribution >= 0.6 is 11.6 Å². The first-order valence-corrected chi connectivity index (χ1v) is 11.0. The largest absolute Gasteiger partial charge is 0.493 e. The molecule has 3 aromatic carbocycles. The molecule has 0 heterocycles. The number of hydrogen-bond acceptors (Lipinski definition) is 5. The fourth-order valence-corrected chi connectivity index (χ4v) is 3.14. The number of halogens is 1. The summed E-state index contributed by atoms with van der Waals surface area (Å²) in [6.07, 6.45) is 1.58. The number of nitrogens with zero attached hydrogens (tertiary/aromatic N) is 1. The van der Waals surface area contributed by atoms with Gasteiger partial charge in [0.15, 0.2) is 11.5 Å². The summed E-state index contributed by atoms with van der Waals surface area (Å²) >= 11 is 5.90. The molecule has 0 fully saturated rings. The van der Waals surface area contributed by atoms with Crippen LogP contribution in [0.15, 0.2) is 71.8 Å². The van der Waals surface area contributed by atoms with Gasteiger partial charge in [-0.15, -0.1) is 0 Å². The molecule has 0 aliphatic rings. The zero-order chi connectivity index (χ0) is 24.3. The summed E-state index contributed by atoms with van der Waals surface area (Å²) < 4.78 is 11.2. The molecule has 0 aromatic heterocycles. The number of carbonyl (C=O) groups is 2. The number of aryl methyl sites for hydroxylation is 1. The Kier molecular flexibility index (Phi) is 9.05. The van der Waals surface area contributed by atoms with Crippen molar-refractivity contribution >= 4 is 35.3 Å². The highest BCUT2D eigenvalue weighted by atomic mass is 35.5. The van der Waals surface area contributed by atoms with E-state index in [1.54, 1.807) is 25.3 Å². The molecule has 0 saturated heterocycles. The Bertz CT molecular complexity index is 1160. The zero-order valence-corrected chi connectivity index (χ0v) is 19.8. The van der Waals surface area contributed by atoms with Gasteiger partial charge in [-0.25, -0.2) is 5.43 Å². The molecule has 3 rings (SSSR count). The predicted molar refractivity (Wildman–Crippen MR) is 134 cm³/mol. The van der Waals surface area contributed by atoms with Crippen LogP contribution in [0, 0.1) is 6.92 Å². The molecule has 8 heteroatoms. The molecule has 0 bridgehead atoms. The van der Waals surface area contributed by atoms with Gasteiger partial charge in [-0.2, -0.15) is 5.10 Å². The van der Waals surface area contributed by atoms with E-state index in [9.17, 15) is 9.59 Å². The summed E-state index contributed by atoms with van der Waals surface area (Å²) in [6, 6.07) is 20.2. The third-order valence-electron chi connectivity index (χ3n) is 4.90. The van der Waals surface area contributed by atoms with E-state index in [2.05, 4.69) is 15.8 Å². The summed E-state index contributed by atoms with van der Waals surface area (Å²) in [5.41, 5.74) is 5.82. The van der Waals surface area contributed by atoms with Gasteiger partial charge in [0.25, 0.3) is 0 Å². The number of para-hydroxylation sites is 1. The first-order chi connectivity index (χ1) is 16.4. The summed E-state index contributed by atoms with van der Waals surface area (Å²) in [6.45, 7) is 2.28. The van der Waals surface area contributed by atoms with Gasteiger partial charge >= 0.3 is 0 Å². The summed E-state index contributed by atoms with van der Waals surface area (Å²) in [7, 11) is 1.55. The zero-order valence-electron chi connectivity index (χ0n) is 19.0. The molecule has 0 atom stereocenters. The van der Waals surface area contributed by atoms with Crippen LogP contribution in [-0.4, -0.2) is 25.1 Å². The van der Waals surface area contributed by atoms with Crippen molar-refractivity contribution in [2.75, 3.05) is 12.4 Å². The fraction of sp³-hybridized carbons (Fsp3) is 0.192. The second kappa shape index (κ2) is 12.4. The van der Waals surface area contributed by atoms with Gasteiger partial charge in [0.1, 0.15) is 6.61 Å². The maximum atomic E-state index is 12.1. The van der Waals surface area contributed by atoms with Crippen molar-refractivity contribution in [2.45, 2.75) is 26.4 Å². The third-order valence-corrected chi connectivity index (χ3v) is 5.15. The molecule has 0 spiro atoms. The quantitative estimate of drug-likeness (QED) is 0.312. The Morgan fingerprint density at radius 2 is 1.71 bits per heavy atom. The fourth-order valence-electron chi connectivity index (χ4n) is 3.01. The Morgan fingerprint density at radius 1 is 0.971 bits per heavy atom. The number of benzene rings is 3. The Balaban J connectivity index is 1.46. The van der Waals surface area contributed by atoms with Crippen LogP contribution in [0.2, 0.25) is 5.02 Å². The molecule has 3 aromatic rings. The second-order valence-corrected chi connectivity index (χ2v) is 7.92. The Morgan fingerprint density at radius 3 is 2.44 bits per heavy atom. The van der Waals surface area contributed by atoms with Gasteiger partial charge in [0.2, 0.25) is 11.8 Å². The monoisotopic (exact) mass is 479 g/mol. The predicted octanol–water partition coefficient (Wildman–Crippen LogP) is 5.11. The van der Waals surface area contributed by atoms with E-state index in [0.29, 0.717) is 28.7 Å². The van der Waals surface area contributed by atoms with Crippen molar-refractivity contribution in [1.29, 1.82) is 0 Å². The molecule has 2 N–H and O–H groups in total. The van der Waals surface area contributed by atoms with Crippen LogP contribution < -0.4 is 20.2 Å². The Hall–Kier alpha value is -3.84. The summed E-state index contributed by atoms with van der Waals surface area (Å²) in [4.78, 5) is 24.1. The molecule has 0 aliphatic heterocycles. The highest BCUT2D eigenvalue weighted by Gasteiger charge is 2.09. The first kappa shape index (κ1) is 24.8. The van der Waals surface area contributed by atoms with Gasteiger partial charge < -0.3 is 14.8 Å². The number of hydrogen-bond donors (Lipinski definition) is 2. The molecule has 0 unspecified atom stereocenters. The van der Waals surface area contributed by atoms with Crippen LogP contribution in [0.4, 0.5) is 5.69 Å². The molecule has 2 amide bonds. The van der Waals surface area contributed by atoms with Crippen LogP contribution in [0.5, 0.6) is 11.5 Å². The number of hydrazone groups is 1. The minimum Gasteiger partial charge on any atom is -0.493 e. The first-order valence-electron chi connectivity index (χ1n) is 10.7. The SMILES string of the molecule is COc1cc(C=NNC(=O)CCC(=O)Nc2ccccc2C)ccc1OCc1ccc(Cl)cc1. The van der Waals surface area contributed by atoms with Crippen molar-refractivity contribution in [3.8, 4) is 11.5 Å². The van der Waals surface area contributed by atoms with Gasteiger partial charge in [0.05, 0.1) is 13.3 Å². The van der Waals surface area contributed by atoms with Gasteiger partial charge in [-0.05, 0) is 60.0 Å². The number of nitrogens with one attached hydrogen (secondary N) is 2. The molecule has 7 nitrogen and oxygen atoms in total. The highest BCUT2D eigenvalue weighted by Crippen LogP contribution is 2.28. The lowest BCUT2D eigenvalue weighted by Crippen LogP contribution is -2.20. The van der Waals surface area contributed by atoms with E-state index >= 15 is 0 Å². The molecule has 0 radical (unpaired) electrons. The lowest BCUT2D eigenvalue weighted by atomic mass is 10.2. The van der Waals surface area contributed by atoms with E-state index in [4.69, 9.17) is 21.1 Å². The van der Waals surface area contributed by atoms with Gasteiger partial charge in [-0.3, -0.25) is 9.59 Å². The van der Waals surface area contributed by atoms with E-state index in [1.807, 2.05) is 55.5 Å². The number of amides is 2. The summed E-state index contributed by atoms with van der Waals surface area (Å²) in [5.74, 6) is 0.536. The van der Waals surface area contributed by atoms with Gasteiger partial charge in [0, 0.05) is 23.6 Å². The van der Waals surface area contributed by atoms with Crippen molar-refractivity contribution in [1.82, 2.24) is 5.43 Å². The van der Waals surface area contributed by atoms with Crippen LogP contribution in [0.25, 0.3) is 0 Å². The number of ether oxygens (including phenoxy) is 2. The van der Waals surface area contributed by atoms with Crippen LogP contribution in [-0.2, 0) is 16.2 Å². The van der Waals surface area contributed by atoms with Crippen molar-refractivity contribution in [3.05, 3.63) is 88.4 Å². The Labute approximate surface area is 203 Å². The molecule has 0 aliphatic carbocycles. The van der Waals surface area contributed by atoms with Crippen LogP contribution in [0.1, 0.15) is 29.5 Å². The van der Waals surface area contributed by atoms with E-state index < -0.39 is 0 Å². The maximum absolute atomic E-state index is 12.1. The summed E-state index contributed by atoms with van der Waals surface area (Å²) in [5, 5.41) is 7.43. The molecule has 34 heavy (non-hydrogen) atoms. The molecular weight excluding hydrogens is 454 g/mol. The minimum absolute atomic E-state index is 0.0237. The lowest BCUT2D eigenvalue weighted by molar-refractivity contribution is -0.124. The lowest BCUT2D eigenvalue weighted by Gasteiger charge is -2.11. The van der Waals surface area contributed by atoms with Gasteiger partial charge in [-0.1, -0.05) is 41.9 Å². The minimum atomic E-state index is -0.355. The topological polar surface area (TPSA) is 89.0 Å². The van der Waals surface area contributed by atoms with E-state index in [-0.39, 0.29) is 24.7 Å². The van der Waals surface area contributed by atoms with Crippen molar-refractivity contribution < 1.29 is 19.1 Å². The number of rotatable bonds is 10. The molecule has 176 valence electrons. The smallest absolute Gasteiger partial charge is 0.240 e. The van der Waals surface area contributed by atoms with E-state index in [1.165, 1.54) is 6.21 Å². The normalized spacial score (nSPS) is 10.7. The van der Waals surface area contributed by atoms with Crippen molar-refractivity contribution in [3.63, 3.8) is 0 Å². The number of methoxy groups -OCH3 is 1. The standard InChI is InChI=1S/C26H26ClN3O4/c1-18-5-3-4-6-22(18)29-25(31)13-14-26(32)30-28-16-20-9-12-23(24(15-20)33-2)34-17-19-7-10-21(27)11-8-19/h3-12,15-16H,13-14,17H2,1-2H3,(H,29,31)(H,30,32). The average molecular weight is 480 g/mol. The third kappa shape index (κ3) is 7.64.